The van der Waals surface area contributed by atoms with Crippen LogP contribution in [-0.2, 0) is 9.53 Å². The lowest BCUT2D eigenvalue weighted by Crippen LogP contribution is -2.45. The molecule has 1 aromatic rings. The summed E-state index contributed by atoms with van der Waals surface area (Å²) < 4.78 is 11.0. The molecule has 0 unspecified atom stereocenters. The Bertz CT molecular complexity index is 696. The smallest absolute Gasteiger partial charge is 0.338 e. The second-order valence-electron chi connectivity index (χ2n) is 6.56. The summed E-state index contributed by atoms with van der Waals surface area (Å²) in [7, 11) is 0. The van der Waals surface area contributed by atoms with Gasteiger partial charge in [0.2, 0.25) is 0 Å². The first-order valence-corrected chi connectivity index (χ1v) is 9.12. The molecular weight excluding hydrogens is 348 g/mol. The summed E-state index contributed by atoms with van der Waals surface area (Å²) in [6.45, 7) is 10.6. The first-order valence-electron chi connectivity index (χ1n) is 8.71. The molecule has 6 heteroatoms. The Morgan fingerprint density at radius 1 is 1.35 bits per heavy atom. The van der Waals surface area contributed by atoms with Crippen molar-refractivity contribution in [3.63, 3.8) is 0 Å². The first-order chi connectivity index (χ1) is 12.4. The molecule has 2 N–H and O–H groups in total. The van der Waals surface area contributed by atoms with Crippen molar-refractivity contribution in [3.05, 3.63) is 53.8 Å². The van der Waals surface area contributed by atoms with Crippen LogP contribution in [0.25, 0.3) is 0 Å². The number of hydrogen-bond donors (Lipinski definition) is 2. The zero-order chi connectivity index (χ0) is 19.1. The number of hydrogen-bond acceptors (Lipinski definition) is 4. The highest BCUT2D eigenvalue weighted by atomic mass is 32.1. The van der Waals surface area contributed by atoms with Crippen LogP contribution in [0.5, 0.6) is 5.75 Å². The van der Waals surface area contributed by atoms with E-state index in [9.17, 15) is 4.79 Å². The maximum atomic E-state index is 12.5. The van der Waals surface area contributed by atoms with E-state index in [1.807, 2.05) is 31.2 Å². The molecule has 0 aliphatic carbocycles. The zero-order valence-electron chi connectivity index (χ0n) is 15.5. The summed E-state index contributed by atoms with van der Waals surface area (Å²) >= 11 is 5.24. The van der Waals surface area contributed by atoms with Gasteiger partial charge in [-0.05, 0) is 49.2 Å². The van der Waals surface area contributed by atoms with Crippen molar-refractivity contribution >= 4 is 23.3 Å². The third-order valence-corrected chi connectivity index (χ3v) is 4.22. The first kappa shape index (κ1) is 20.0. The molecule has 0 bridgehead atoms. The van der Waals surface area contributed by atoms with Crippen molar-refractivity contribution in [1.29, 1.82) is 0 Å². The fraction of sp³-hybridized carbons (Fsp3) is 0.400. The van der Waals surface area contributed by atoms with E-state index >= 15 is 0 Å². The van der Waals surface area contributed by atoms with Crippen molar-refractivity contribution in [2.24, 2.45) is 5.92 Å². The lowest BCUT2D eigenvalue weighted by atomic mass is 9.95. The van der Waals surface area contributed by atoms with Gasteiger partial charge in [0.1, 0.15) is 12.4 Å². The van der Waals surface area contributed by atoms with Gasteiger partial charge >= 0.3 is 5.97 Å². The monoisotopic (exact) mass is 374 g/mol. The number of ether oxygens (including phenoxy) is 2. The molecule has 0 radical (unpaired) electrons. The van der Waals surface area contributed by atoms with E-state index in [1.54, 1.807) is 6.08 Å². The number of allylic oxidation sites excluding steroid dienone is 1. The number of benzene rings is 1. The van der Waals surface area contributed by atoms with Crippen LogP contribution in [-0.4, -0.2) is 24.3 Å². The fourth-order valence-electron chi connectivity index (χ4n) is 2.60. The van der Waals surface area contributed by atoms with Gasteiger partial charge in [0, 0.05) is 5.70 Å². The Labute approximate surface area is 160 Å². The third-order valence-electron chi connectivity index (χ3n) is 4.00. The molecule has 0 saturated carbocycles. The van der Waals surface area contributed by atoms with Gasteiger partial charge in [-0.3, -0.25) is 0 Å². The van der Waals surface area contributed by atoms with Crippen molar-refractivity contribution in [3.8, 4) is 5.75 Å². The second-order valence-corrected chi connectivity index (χ2v) is 6.97. The Morgan fingerprint density at radius 3 is 2.65 bits per heavy atom. The molecule has 1 atom stereocenters. The van der Waals surface area contributed by atoms with Crippen LogP contribution in [0.15, 0.2) is 48.2 Å². The molecule has 26 heavy (non-hydrogen) atoms. The van der Waals surface area contributed by atoms with Crippen molar-refractivity contribution in [1.82, 2.24) is 10.6 Å². The van der Waals surface area contributed by atoms with Crippen LogP contribution in [0.4, 0.5) is 0 Å². The minimum atomic E-state index is -0.396. The third kappa shape index (κ3) is 5.33. The molecule has 0 spiro atoms. The molecule has 0 fully saturated rings. The number of rotatable bonds is 8. The van der Waals surface area contributed by atoms with Crippen LogP contribution in [0, 0.1) is 5.92 Å². The predicted octanol–water partition coefficient (Wildman–Crippen LogP) is 3.63. The van der Waals surface area contributed by atoms with Gasteiger partial charge in [0.25, 0.3) is 0 Å². The van der Waals surface area contributed by atoms with Gasteiger partial charge in [0.05, 0.1) is 18.2 Å². The highest BCUT2D eigenvalue weighted by Gasteiger charge is 2.30. The Morgan fingerprint density at radius 2 is 2.04 bits per heavy atom. The van der Waals surface area contributed by atoms with Gasteiger partial charge in [0.15, 0.2) is 5.11 Å². The van der Waals surface area contributed by atoms with Crippen LogP contribution in [0.2, 0.25) is 0 Å². The summed E-state index contributed by atoms with van der Waals surface area (Å²) in [5.41, 5.74) is 2.11. The molecule has 5 nitrogen and oxygen atoms in total. The molecule has 1 aliphatic heterocycles. The highest BCUT2D eigenvalue weighted by Crippen LogP contribution is 2.29. The van der Waals surface area contributed by atoms with Gasteiger partial charge in [-0.25, -0.2) is 4.79 Å². The van der Waals surface area contributed by atoms with E-state index in [4.69, 9.17) is 21.7 Å². The van der Waals surface area contributed by atoms with Crippen LogP contribution >= 0.6 is 12.2 Å². The van der Waals surface area contributed by atoms with E-state index in [2.05, 4.69) is 31.1 Å². The summed E-state index contributed by atoms with van der Waals surface area (Å²) in [4.78, 5) is 12.5. The average Bonchev–Trinajstić information content (AvgIpc) is 2.59. The van der Waals surface area contributed by atoms with Gasteiger partial charge < -0.3 is 20.1 Å². The topological polar surface area (TPSA) is 59.6 Å². The Balaban J connectivity index is 2.18. The largest absolute Gasteiger partial charge is 0.494 e. The minimum absolute atomic E-state index is 0.162. The fourth-order valence-corrected chi connectivity index (χ4v) is 2.87. The number of esters is 1. The van der Waals surface area contributed by atoms with Gasteiger partial charge in [-0.15, -0.1) is 0 Å². The predicted molar refractivity (Wildman–Crippen MR) is 107 cm³/mol. The quantitative estimate of drug-likeness (QED) is 0.412. The summed E-state index contributed by atoms with van der Waals surface area (Å²) in [5, 5.41) is 6.60. The Kier molecular flexibility index (Phi) is 7.21. The maximum absolute atomic E-state index is 12.5. The molecule has 1 aromatic carbocycles. The van der Waals surface area contributed by atoms with Gasteiger partial charge in [-0.2, -0.15) is 0 Å². The van der Waals surface area contributed by atoms with Gasteiger partial charge in [-0.1, -0.05) is 38.6 Å². The van der Waals surface area contributed by atoms with Crippen LogP contribution in [0.1, 0.15) is 38.8 Å². The normalized spacial score (nSPS) is 16.8. The van der Waals surface area contributed by atoms with Crippen LogP contribution in [0.3, 0.4) is 0 Å². The molecule has 2 rings (SSSR count). The standard InChI is InChI=1S/C20H26N2O3S/c1-5-11-25-19(23)17-14(4)21-20(26)22-18(17)15-6-8-16(9-7-15)24-12-10-13(2)3/h5-9,13,18H,1,10-12H2,2-4H3,(H2,21,22,26)/t18-/m1/s1. The van der Waals surface area contributed by atoms with E-state index in [1.165, 1.54) is 0 Å². The highest BCUT2D eigenvalue weighted by molar-refractivity contribution is 7.80. The van der Waals surface area contributed by atoms with Crippen molar-refractivity contribution < 1.29 is 14.3 Å². The van der Waals surface area contributed by atoms with Crippen molar-refractivity contribution in [2.45, 2.75) is 33.2 Å². The molecular formula is C20H26N2O3S. The van der Waals surface area contributed by atoms with Crippen LogP contribution < -0.4 is 15.4 Å². The zero-order valence-corrected chi connectivity index (χ0v) is 16.3. The SMILES string of the molecule is C=CCOC(=O)C1=C(C)NC(=S)N[C@@H]1c1ccc(OCCC(C)C)cc1. The molecule has 140 valence electrons. The van der Waals surface area contributed by atoms with Crippen molar-refractivity contribution in [2.75, 3.05) is 13.2 Å². The molecule has 0 amide bonds. The van der Waals surface area contributed by atoms with E-state index in [-0.39, 0.29) is 12.6 Å². The average molecular weight is 375 g/mol. The number of carbonyl (C=O) groups is 1. The van der Waals surface area contributed by atoms with E-state index in [0.717, 1.165) is 17.7 Å². The maximum Gasteiger partial charge on any atom is 0.338 e. The minimum Gasteiger partial charge on any atom is -0.494 e. The van der Waals surface area contributed by atoms with E-state index in [0.29, 0.717) is 28.9 Å². The molecule has 1 heterocycles. The Hall–Kier alpha value is -2.34. The summed E-state index contributed by atoms with van der Waals surface area (Å²) in [6, 6.07) is 7.31. The molecule has 0 saturated heterocycles. The second kappa shape index (κ2) is 9.38. The van der Waals surface area contributed by atoms with E-state index < -0.39 is 5.97 Å². The molecule has 1 aliphatic rings. The lowest BCUT2D eigenvalue weighted by molar-refractivity contribution is -0.138. The summed E-state index contributed by atoms with van der Waals surface area (Å²) in [6.07, 6.45) is 2.55. The number of nitrogens with one attached hydrogen (secondary N) is 2. The summed E-state index contributed by atoms with van der Waals surface area (Å²) in [5.74, 6) is 1.01. The number of carbonyl (C=O) groups excluding carboxylic acids is 1. The molecule has 0 aromatic heterocycles. The number of thiocarbonyl (C=S) groups is 1. The lowest BCUT2D eigenvalue weighted by Gasteiger charge is -2.29.